The molecule has 5 aliphatic rings. The van der Waals surface area contributed by atoms with Gasteiger partial charge in [0.15, 0.2) is 0 Å². The van der Waals surface area contributed by atoms with Crippen LogP contribution < -0.4 is 11.1 Å². The molecule has 9 atom stereocenters. The molecule has 0 radical (unpaired) electrons. The number of fused-ring (bicyclic) bond motifs is 7. The third-order valence-electron chi connectivity index (χ3n) is 14.3. The molecule has 5 aliphatic carbocycles. The van der Waals surface area contributed by atoms with Gasteiger partial charge >= 0.3 is 0 Å². The first kappa shape index (κ1) is 28.9. The van der Waals surface area contributed by atoms with Crippen LogP contribution in [0.15, 0.2) is 0 Å². The van der Waals surface area contributed by atoms with Gasteiger partial charge in [-0.05, 0) is 121 Å². The van der Waals surface area contributed by atoms with E-state index in [0.717, 1.165) is 24.7 Å². The maximum absolute atomic E-state index is 14.1. The predicted octanol–water partition coefficient (Wildman–Crippen LogP) is 7.21. The summed E-state index contributed by atoms with van der Waals surface area (Å²) in [5.41, 5.74) is 7.08. The summed E-state index contributed by atoms with van der Waals surface area (Å²) in [5, 5.41) is 3.35. The first-order valence-corrected chi connectivity index (χ1v) is 16.4. The molecule has 4 heteroatoms. The molecule has 4 nitrogen and oxygen atoms in total. The Bertz CT molecular complexity index is 886. The summed E-state index contributed by atoms with van der Waals surface area (Å²) < 4.78 is 5.59. The largest absolute Gasteiger partial charge is 0.378 e. The van der Waals surface area contributed by atoms with Crippen LogP contribution in [0.25, 0.3) is 0 Å². The Morgan fingerprint density at radius 1 is 0.868 bits per heavy atom. The first-order chi connectivity index (χ1) is 17.9. The molecule has 5 saturated carbocycles. The van der Waals surface area contributed by atoms with Crippen molar-refractivity contribution in [2.75, 3.05) is 26.3 Å². The SMILES string of the molecule is CC(C)[C@@H]1CCC2(C(=O)NCCOCCN)CC[C@]3(C)C(CC[C@H]4C3(C)CC[C@H]3C(C)(C)CCC[C@@]34C)[C@H]12. The number of carbonyl (C=O) groups is 1. The van der Waals surface area contributed by atoms with Gasteiger partial charge in [-0.1, -0.05) is 54.9 Å². The molecule has 1 amide bonds. The van der Waals surface area contributed by atoms with E-state index in [1.54, 1.807) is 0 Å². The Morgan fingerprint density at radius 2 is 1.63 bits per heavy atom. The number of nitrogens with two attached hydrogens (primary N) is 1. The summed E-state index contributed by atoms with van der Waals surface area (Å²) in [7, 11) is 0. The topological polar surface area (TPSA) is 64.3 Å². The second-order valence-corrected chi connectivity index (χ2v) is 16.3. The lowest BCUT2D eigenvalue weighted by Gasteiger charge is -2.72. The summed E-state index contributed by atoms with van der Waals surface area (Å²) in [4.78, 5) is 14.1. The van der Waals surface area contributed by atoms with Gasteiger partial charge < -0.3 is 15.8 Å². The third kappa shape index (κ3) is 4.07. The lowest BCUT2D eigenvalue weighted by Crippen LogP contribution is -2.66. The Kier molecular flexibility index (Phi) is 7.63. The van der Waals surface area contributed by atoms with Crippen LogP contribution in [-0.4, -0.2) is 32.2 Å². The van der Waals surface area contributed by atoms with Crippen LogP contribution in [0.3, 0.4) is 0 Å². The minimum Gasteiger partial charge on any atom is -0.378 e. The standard InChI is InChI=1S/C34H60N2O2/c1-23(2)24-11-16-34(29(37)36-20-22-38-21-19-35)18-17-32(6)25(28(24)34)9-10-27-31(5)14-8-13-30(3,4)26(31)12-15-33(27,32)7/h23-28H,8-22,35H2,1-7H3,(H,36,37)/t24-,25?,26-,27+,28-,31-,32+,33?,34?/m0/s1. The molecular weight excluding hydrogens is 468 g/mol. The first-order valence-electron chi connectivity index (χ1n) is 16.4. The number of hydrogen-bond acceptors (Lipinski definition) is 3. The fraction of sp³-hybridized carbons (Fsp3) is 0.971. The van der Waals surface area contributed by atoms with Crippen LogP contribution in [0, 0.1) is 62.6 Å². The quantitative estimate of drug-likeness (QED) is 0.343. The molecule has 0 heterocycles. The van der Waals surface area contributed by atoms with Crippen molar-refractivity contribution in [2.24, 2.45) is 68.3 Å². The second kappa shape index (κ2) is 10.0. The summed E-state index contributed by atoms with van der Waals surface area (Å²) in [6, 6.07) is 0. The number of hydrogen-bond donors (Lipinski definition) is 2. The van der Waals surface area contributed by atoms with Gasteiger partial charge in [-0.2, -0.15) is 0 Å². The van der Waals surface area contributed by atoms with Crippen LogP contribution >= 0.6 is 0 Å². The predicted molar refractivity (Wildman–Crippen MR) is 156 cm³/mol. The highest BCUT2D eigenvalue weighted by Gasteiger charge is 2.71. The van der Waals surface area contributed by atoms with Crippen molar-refractivity contribution < 1.29 is 9.53 Å². The van der Waals surface area contributed by atoms with E-state index in [0.29, 0.717) is 77.5 Å². The fourth-order valence-corrected chi connectivity index (χ4v) is 12.5. The molecular formula is C34H60N2O2. The average Bonchev–Trinajstić information content (AvgIpc) is 3.25. The highest BCUT2D eigenvalue weighted by molar-refractivity contribution is 5.83. The number of carbonyl (C=O) groups excluding carboxylic acids is 1. The van der Waals surface area contributed by atoms with Crippen LogP contribution in [0.2, 0.25) is 0 Å². The van der Waals surface area contributed by atoms with Gasteiger partial charge in [0, 0.05) is 13.1 Å². The smallest absolute Gasteiger partial charge is 0.226 e. The molecule has 38 heavy (non-hydrogen) atoms. The highest BCUT2D eigenvalue weighted by Crippen LogP contribution is 2.77. The van der Waals surface area contributed by atoms with E-state index in [1.165, 1.54) is 57.8 Å². The van der Waals surface area contributed by atoms with Crippen molar-refractivity contribution >= 4 is 5.91 Å². The van der Waals surface area contributed by atoms with Gasteiger partial charge in [-0.15, -0.1) is 0 Å². The van der Waals surface area contributed by atoms with E-state index in [1.807, 2.05) is 0 Å². The molecule has 0 aliphatic heterocycles. The van der Waals surface area contributed by atoms with E-state index in [-0.39, 0.29) is 5.41 Å². The van der Waals surface area contributed by atoms with Crippen molar-refractivity contribution in [3.05, 3.63) is 0 Å². The van der Waals surface area contributed by atoms with Crippen molar-refractivity contribution in [3.63, 3.8) is 0 Å². The van der Waals surface area contributed by atoms with Crippen molar-refractivity contribution in [3.8, 4) is 0 Å². The summed E-state index contributed by atoms with van der Waals surface area (Å²) >= 11 is 0. The number of ether oxygens (including phenoxy) is 1. The van der Waals surface area contributed by atoms with Crippen LogP contribution in [0.1, 0.15) is 119 Å². The Morgan fingerprint density at radius 3 is 2.34 bits per heavy atom. The van der Waals surface area contributed by atoms with Crippen LogP contribution in [-0.2, 0) is 9.53 Å². The summed E-state index contributed by atoms with van der Waals surface area (Å²) in [5.74, 6) is 4.53. The summed E-state index contributed by atoms with van der Waals surface area (Å²) in [6.07, 6.45) is 14.4. The molecule has 218 valence electrons. The molecule has 3 unspecified atom stereocenters. The van der Waals surface area contributed by atoms with Gasteiger partial charge in [0.25, 0.3) is 0 Å². The molecule has 5 rings (SSSR count). The van der Waals surface area contributed by atoms with Crippen molar-refractivity contribution in [2.45, 2.75) is 119 Å². The average molecular weight is 529 g/mol. The zero-order valence-corrected chi connectivity index (χ0v) is 26.0. The lowest BCUT2D eigenvalue weighted by molar-refractivity contribution is -0.237. The number of rotatable bonds is 7. The second-order valence-electron chi connectivity index (χ2n) is 16.3. The van der Waals surface area contributed by atoms with Crippen molar-refractivity contribution in [1.82, 2.24) is 5.32 Å². The Balaban J connectivity index is 1.45. The summed E-state index contributed by atoms with van der Waals surface area (Å²) in [6.45, 7) is 20.4. The third-order valence-corrected chi connectivity index (χ3v) is 14.3. The Labute approximate surface area is 234 Å². The highest BCUT2D eigenvalue weighted by atomic mass is 16.5. The Hall–Kier alpha value is -0.610. The number of nitrogens with one attached hydrogen (secondary N) is 1. The van der Waals surface area contributed by atoms with E-state index >= 15 is 0 Å². The monoisotopic (exact) mass is 528 g/mol. The van der Waals surface area contributed by atoms with Gasteiger partial charge in [-0.3, -0.25) is 4.79 Å². The molecule has 5 fully saturated rings. The molecule has 0 saturated heterocycles. The van der Waals surface area contributed by atoms with Gasteiger partial charge in [0.1, 0.15) is 0 Å². The zero-order valence-electron chi connectivity index (χ0n) is 26.0. The van der Waals surface area contributed by atoms with E-state index < -0.39 is 0 Å². The van der Waals surface area contributed by atoms with Crippen LogP contribution in [0.4, 0.5) is 0 Å². The van der Waals surface area contributed by atoms with E-state index in [4.69, 9.17) is 10.5 Å². The zero-order chi connectivity index (χ0) is 27.6. The van der Waals surface area contributed by atoms with Gasteiger partial charge in [0.2, 0.25) is 5.91 Å². The molecule has 0 aromatic carbocycles. The fourth-order valence-electron chi connectivity index (χ4n) is 12.5. The maximum atomic E-state index is 14.1. The van der Waals surface area contributed by atoms with Gasteiger partial charge in [0.05, 0.1) is 18.6 Å². The minimum absolute atomic E-state index is 0.176. The van der Waals surface area contributed by atoms with Crippen LogP contribution in [0.5, 0.6) is 0 Å². The maximum Gasteiger partial charge on any atom is 0.226 e. The van der Waals surface area contributed by atoms with Crippen molar-refractivity contribution in [1.29, 1.82) is 0 Å². The number of amides is 1. The lowest BCUT2D eigenvalue weighted by atomic mass is 9.32. The molecule has 0 aromatic heterocycles. The van der Waals surface area contributed by atoms with E-state index in [2.05, 4.69) is 53.8 Å². The molecule has 0 bridgehead atoms. The van der Waals surface area contributed by atoms with E-state index in [9.17, 15) is 4.79 Å². The molecule has 0 aromatic rings. The molecule has 3 N–H and O–H groups in total. The minimum atomic E-state index is -0.176. The van der Waals surface area contributed by atoms with Gasteiger partial charge in [-0.25, -0.2) is 0 Å². The normalized spacial score (nSPS) is 47.6. The molecule has 0 spiro atoms.